The molecule has 0 aromatic carbocycles. The van der Waals surface area contributed by atoms with Crippen molar-refractivity contribution in [3.63, 3.8) is 0 Å². The molecule has 2 rings (SSSR count). The predicted octanol–water partition coefficient (Wildman–Crippen LogP) is 2.69. The van der Waals surface area contributed by atoms with Crippen molar-refractivity contribution in [3.05, 3.63) is 0 Å². The first-order chi connectivity index (χ1) is 8.68. The van der Waals surface area contributed by atoms with Crippen LogP contribution in [0.2, 0.25) is 0 Å². The Balaban J connectivity index is 0.00000180. The molecule has 0 spiro atoms. The number of nitrogens with zero attached hydrogens (tertiary/aromatic N) is 1. The minimum Gasteiger partial charge on any atom is -0.342 e. The monoisotopic (exact) mass is 288 g/mol. The molecule has 2 saturated heterocycles. The molecule has 19 heavy (non-hydrogen) atoms. The molecule has 0 bridgehead atoms. The second-order valence-corrected chi connectivity index (χ2v) is 6.28. The number of hydrogen-bond donors (Lipinski definition) is 1. The van der Waals surface area contributed by atoms with Crippen molar-refractivity contribution in [1.82, 2.24) is 10.2 Å². The fourth-order valence-electron chi connectivity index (χ4n) is 3.34. The second kappa shape index (κ2) is 8.11. The molecule has 0 radical (unpaired) electrons. The Morgan fingerprint density at radius 1 is 1.11 bits per heavy atom. The zero-order valence-corrected chi connectivity index (χ0v) is 13.2. The van der Waals surface area contributed by atoms with Crippen molar-refractivity contribution >= 4 is 18.3 Å². The fourth-order valence-corrected chi connectivity index (χ4v) is 3.34. The van der Waals surface area contributed by atoms with Crippen molar-refractivity contribution in [2.45, 2.75) is 46.0 Å². The van der Waals surface area contributed by atoms with Gasteiger partial charge in [0.15, 0.2) is 0 Å². The van der Waals surface area contributed by atoms with Crippen LogP contribution < -0.4 is 5.32 Å². The van der Waals surface area contributed by atoms with E-state index in [0.29, 0.717) is 11.8 Å². The first kappa shape index (κ1) is 16.8. The minimum atomic E-state index is 0. The van der Waals surface area contributed by atoms with Crippen molar-refractivity contribution < 1.29 is 4.79 Å². The van der Waals surface area contributed by atoms with E-state index in [1.165, 1.54) is 19.3 Å². The van der Waals surface area contributed by atoms with Crippen molar-refractivity contribution in [2.24, 2.45) is 17.8 Å². The lowest BCUT2D eigenvalue weighted by molar-refractivity contribution is -0.136. The molecule has 0 aromatic rings. The van der Waals surface area contributed by atoms with Gasteiger partial charge in [0.2, 0.25) is 5.91 Å². The van der Waals surface area contributed by atoms with Crippen molar-refractivity contribution in [1.29, 1.82) is 0 Å². The van der Waals surface area contributed by atoms with Gasteiger partial charge < -0.3 is 10.2 Å². The average Bonchev–Trinajstić information content (AvgIpc) is 2.64. The van der Waals surface area contributed by atoms with E-state index < -0.39 is 0 Å². The summed E-state index contributed by atoms with van der Waals surface area (Å²) in [5.41, 5.74) is 0. The quantitative estimate of drug-likeness (QED) is 0.847. The van der Waals surface area contributed by atoms with Crippen LogP contribution in [0.1, 0.15) is 46.0 Å². The number of carbonyl (C=O) groups excluding carboxylic acids is 1. The molecule has 0 saturated carbocycles. The van der Waals surface area contributed by atoms with Gasteiger partial charge >= 0.3 is 0 Å². The van der Waals surface area contributed by atoms with Crippen LogP contribution in [0.4, 0.5) is 0 Å². The van der Waals surface area contributed by atoms with Gasteiger partial charge in [-0.3, -0.25) is 4.79 Å². The van der Waals surface area contributed by atoms with Crippen LogP contribution in [-0.4, -0.2) is 37.0 Å². The zero-order valence-electron chi connectivity index (χ0n) is 12.4. The molecule has 1 N–H and O–H groups in total. The smallest absolute Gasteiger partial charge is 0.225 e. The third-order valence-electron chi connectivity index (χ3n) is 4.72. The van der Waals surface area contributed by atoms with E-state index in [9.17, 15) is 4.79 Å². The summed E-state index contributed by atoms with van der Waals surface area (Å²) in [4.78, 5) is 14.6. The average molecular weight is 289 g/mol. The van der Waals surface area contributed by atoms with E-state index in [4.69, 9.17) is 0 Å². The maximum absolute atomic E-state index is 12.5. The van der Waals surface area contributed by atoms with E-state index in [0.717, 1.165) is 50.9 Å². The first-order valence-corrected chi connectivity index (χ1v) is 7.68. The minimum absolute atomic E-state index is 0. The largest absolute Gasteiger partial charge is 0.342 e. The third-order valence-corrected chi connectivity index (χ3v) is 4.72. The topological polar surface area (TPSA) is 32.3 Å². The van der Waals surface area contributed by atoms with Gasteiger partial charge in [0.05, 0.1) is 0 Å². The second-order valence-electron chi connectivity index (χ2n) is 6.28. The molecule has 4 heteroatoms. The van der Waals surface area contributed by atoms with Crippen molar-refractivity contribution in [3.8, 4) is 0 Å². The molecule has 3 nitrogen and oxygen atoms in total. The van der Waals surface area contributed by atoms with Gasteiger partial charge in [-0.1, -0.05) is 13.8 Å². The highest BCUT2D eigenvalue weighted by atomic mass is 35.5. The highest BCUT2D eigenvalue weighted by Gasteiger charge is 2.28. The van der Waals surface area contributed by atoms with Crippen LogP contribution in [0.25, 0.3) is 0 Å². The number of halogens is 1. The summed E-state index contributed by atoms with van der Waals surface area (Å²) in [6.07, 6.45) is 5.76. The molecular weight excluding hydrogens is 260 g/mol. The number of likely N-dealkylation sites (tertiary alicyclic amines) is 1. The number of nitrogens with one attached hydrogen (secondary N) is 1. The lowest BCUT2D eigenvalue weighted by Gasteiger charge is -2.29. The summed E-state index contributed by atoms with van der Waals surface area (Å²) in [5, 5.41) is 3.34. The van der Waals surface area contributed by atoms with Crippen LogP contribution >= 0.6 is 12.4 Å². The molecule has 112 valence electrons. The van der Waals surface area contributed by atoms with Crippen LogP contribution in [0.15, 0.2) is 0 Å². The van der Waals surface area contributed by atoms with Crippen molar-refractivity contribution in [2.75, 3.05) is 26.2 Å². The molecule has 2 fully saturated rings. The maximum Gasteiger partial charge on any atom is 0.225 e. The Kier molecular flexibility index (Phi) is 7.16. The lowest BCUT2D eigenvalue weighted by Crippen LogP contribution is -2.41. The Morgan fingerprint density at radius 3 is 2.42 bits per heavy atom. The van der Waals surface area contributed by atoms with E-state index in [1.54, 1.807) is 0 Å². The van der Waals surface area contributed by atoms with Crippen LogP contribution in [0.3, 0.4) is 0 Å². The standard InChI is InChI=1S/C15H28N2O.ClH/c1-12(2)13-4-3-10-17(11-7-13)15(18)14-5-8-16-9-6-14;/h12-14,16H,3-11H2,1-2H3;1H. The van der Waals surface area contributed by atoms with Crippen LogP contribution in [0.5, 0.6) is 0 Å². The molecule has 2 heterocycles. The van der Waals surface area contributed by atoms with E-state index in [1.807, 2.05) is 0 Å². The Hall–Kier alpha value is -0.280. The van der Waals surface area contributed by atoms with Gasteiger partial charge in [0, 0.05) is 19.0 Å². The van der Waals surface area contributed by atoms with Crippen LogP contribution in [0, 0.1) is 17.8 Å². The van der Waals surface area contributed by atoms with Gasteiger partial charge in [0.25, 0.3) is 0 Å². The number of rotatable bonds is 2. The summed E-state index contributed by atoms with van der Waals surface area (Å²) in [6, 6.07) is 0. The molecular formula is C15H29ClN2O. The molecule has 2 aliphatic rings. The molecule has 0 aromatic heterocycles. The molecule has 1 unspecified atom stereocenters. The number of amides is 1. The zero-order chi connectivity index (χ0) is 13.0. The normalized spacial score (nSPS) is 25.8. The van der Waals surface area contributed by atoms with E-state index in [-0.39, 0.29) is 12.4 Å². The SMILES string of the molecule is CC(C)C1CCCN(C(=O)C2CCNCC2)CC1.Cl. The third kappa shape index (κ3) is 4.64. The van der Waals surface area contributed by atoms with Gasteiger partial charge in [-0.25, -0.2) is 0 Å². The molecule has 2 aliphatic heterocycles. The van der Waals surface area contributed by atoms with E-state index in [2.05, 4.69) is 24.1 Å². The lowest BCUT2D eigenvalue weighted by atomic mass is 9.89. The molecule has 0 aliphatic carbocycles. The predicted molar refractivity (Wildman–Crippen MR) is 81.6 cm³/mol. The van der Waals surface area contributed by atoms with Crippen LogP contribution in [-0.2, 0) is 4.79 Å². The number of piperidine rings is 1. The Morgan fingerprint density at radius 2 is 1.79 bits per heavy atom. The summed E-state index contributed by atoms with van der Waals surface area (Å²) >= 11 is 0. The van der Waals surface area contributed by atoms with Gasteiger partial charge in [-0.15, -0.1) is 12.4 Å². The Labute approximate surface area is 123 Å². The summed E-state index contributed by atoms with van der Waals surface area (Å²) in [6.45, 7) is 8.64. The number of carbonyl (C=O) groups is 1. The van der Waals surface area contributed by atoms with Gasteiger partial charge in [0.1, 0.15) is 0 Å². The molecule has 1 amide bonds. The first-order valence-electron chi connectivity index (χ1n) is 7.68. The number of hydrogen-bond acceptors (Lipinski definition) is 2. The highest BCUT2D eigenvalue weighted by Crippen LogP contribution is 2.26. The van der Waals surface area contributed by atoms with E-state index >= 15 is 0 Å². The summed E-state index contributed by atoms with van der Waals surface area (Å²) in [7, 11) is 0. The summed E-state index contributed by atoms with van der Waals surface area (Å²) < 4.78 is 0. The fraction of sp³-hybridized carbons (Fsp3) is 0.933. The van der Waals surface area contributed by atoms with Gasteiger partial charge in [-0.2, -0.15) is 0 Å². The van der Waals surface area contributed by atoms with Gasteiger partial charge in [-0.05, 0) is 57.0 Å². The Bertz CT molecular complexity index is 277. The highest BCUT2D eigenvalue weighted by molar-refractivity contribution is 5.85. The maximum atomic E-state index is 12.5. The molecule has 1 atom stereocenters. The summed E-state index contributed by atoms with van der Waals surface area (Å²) in [5.74, 6) is 2.30.